The van der Waals surface area contributed by atoms with E-state index in [-0.39, 0.29) is 18.6 Å². The largest absolute Gasteiger partial charge is 0.460 e. The first-order valence-electron chi connectivity index (χ1n) is 5.17. The van der Waals surface area contributed by atoms with Gasteiger partial charge in [-0.3, -0.25) is 9.59 Å². The minimum Gasteiger partial charge on any atom is -0.460 e. The van der Waals surface area contributed by atoms with Crippen molar-refractivity contribution in [2.45, 2.75) is 50.8 Å². The van der Waals surface area contributed by atoms with E-state index in [0.29, 0.717) is 0 Å². The molecule has 0 aromatic rings. The molecule has 5 atom stereocenters. The van der Waals surface area contributed by atoms with Crippen LogP contribution in [0.5, 0.6) is 0 Å². The molecule has 0 radical (unpaired) electrons. The standard InChI is InChI=1S/C10H14O6/c1-4(11)14-6-3-7(15-5(2)12)9-10(16-9)8(6)13/h6-10,13H,3H2,1-2H3/t6-,7+,8+,9+,10-/m0/s1. The maximum absolute atomic E-state index is 10.8. The number of ether oxygens (including phenoxy) is 3. The maximum atomic E-state index is 10.8. The van der Waals surface area contributed by atoms with E-state index in [9.17, 15) is 14.7 Å². The van der Waals surface area contributed by atoms with Crippen LogP contribution in [0, 0.1) is 0 Å². The van der Waals surface area contributed by atoms with Gasteiger partial charge >= 0.3 is 11.9 Å². The van der Waals surface area contributed by atoms with Crippen LogP contribution in [0.4, 0.5) is 0 Å². The number of rotatable bonds is 2. The van der Waals surface area contributed by atoms with Gasteiger partial charge in [0.25, 0.3) is 0 Å². The fraction of sp³-hybridized carbons (Fsp3) is 0.800. The highest BCUT2D eigenvalue weighted by atomic mass is 16.6. The van der Waals surface area contributed by atoms with Crippen molar-refractivity contribution in [3.05, 3.63) is 0 Å². The second-order valence-corrected chi connectivity index (χ2v) is 4.09. The van der Waals surface area contributed by atoms with Crippen molar-refractivity contribution in [1.82, 2.24) is 0 Å². The summed E-state index contributed by atoms with van der Waals surface area (Å²) in [5.41, 5.74) is 0. The number of hydrogen-bond acceptors (Lipinski definition) is 6. The zero-order valence-electron chi connectivity index (χ0n) is 9.08. The molecule has 16 heavy (non-hydrogen) atoms. The van der Waals surface area contributed by atoms with Crippen LogP contribution in [0.15, 0.2) is 0 Å². The Hall–Kier alpha value is -1.14. The minimum atomic E-state index is -0.833. The molecule has 0 bridgehead atoms. The first kappa shape index (κ1) is 11.3. The van der Waals surface area contributed by atoms with E-state index < -0.39 is 30.3 Å². The lowest BCUT2D eigenvalue weighted by molar-refractivity contribution is -0.161. The van der Waals surface area contributed by atoms with E-state index in [1.54, 1.807) is 0 Å². The highest BCUT2D eigenvalue weighted by Crippen LogP contribution is 2.39. The molecule has 2 aliphatic rings. The van der Waals surface area contributed by atoms with Crippen LogP contribution in [0.3, 0.4) is 0 Å². The van der Waals surface area contributed by atoms with Crippen molar-refractivity contribution in [1.29, 1.82) is 0 Å². The molecule has 0 spiro atoms. The van der Waals surface area contributed by atoms with Gasteiger partial charge < -0.3 is 19.3 Å². The second-order valence-electron chi connectivity index (χ2n) is 4.09. The van der Waals surface area contributed by atoms with Gasteiger partial charge in [-0.2, -0.15) is 0 Å². The molecule has 2 rings (SSSR count). The lowest BCUT2D eigenvalue weighted by Crippen LogP contribution is -2.46. The fourth-order valence-electron chi connectivity index (χ4n) is 2.08. The smallest absolute Gasteiger partial charge is 0.302 e. The topological polar surface area (TPSA) is 85.4 Å². The third-order valence-electron chi connectivity index (χ3n) is 2.74. The van der Waals surface area contributed by atoms with Crippen LogP contribution < -0.4 is 0 Å². The highest BCUT2D eigenvalue weighted by molar-refractivity contribution is 5.67. The first-order valence-corrected chi connectivity index (χ1v) is 5.17. The summed E-state index contributed by atoms with van der Waals surface area (Å²) in [5, 5.41) is 9.74. The Labute approximate surface area is 92.5 Å². The Balaban J connectivity index is 1.99. The summed E-state index contributed by atoms with van der Waals surface area (Å²) in [5.74, 6) is -0.873. The summed E-state index contributed by atoms with van der Waals surface area (Å²) in [6.07, 6.45) is -2.30. The SMILES string of the molecule is CC(=O)O[C@H]1C[C@@H](OC(C)=O)[C@H]2O[C@H]2[C@@H]1O. The summed E-state index contributed by atoms with van der Waals surface area (Å²) < 4.78 is 15.2. The Morgan fingerprint density at radius 2 is 1.69 bits per heavy atom. The molecule has 1 aliphatic carbocycles. The molecule has 0 unspecified atom stereocenters. The van der Waals surface area contributed by atoms with Crippen molar-refractivity contribution in [2.24, 2.45) is 0 Å². The molecule has 1 aliphatic heterocycles. The molecule has 0 amide bonds. The van der Waals surface area contributed by atoms with Crippen LogP contribution in [-0.2, 0) is 23.8 Å². The third-order valence-corrected chi connectivity index (χ3v) is 2.74. The Kier molecular flexibility index (Phi) is 2.86. The van der Waals surface area contributed by atoms with Crippen LogP contribution in [-0.4, -0.2) is 47.6 Å². The number of carbonyl (C=O) groups excluding carboxylic acids is 2. The summed E-state index contributed by atoms with van der Waals surface area (Å²) in [4.78, 5) is 21.7. The van der Waals surface area contributed by atoms with Gasteiger partial charge in [-0.15, -0.1) is 0 Å². The zero-order valence-corrected chi connectivity index (χ0v) is 9.08. The molecule has 6 nitrogen and oxygen atoms in total. The van der Waals surface area contributed by atoms with Gasteiger partial charge in [0, 0.05) is 20.3 Å². The monoisotopic (exact) mass is 230 g/mol. The first-order chi connectivity index (χ1) is 7.49. The molecule has 90 valence electrons. The summed E-state index contributed by atoms with van der Waals surface area (Å²) in [7, 11) is 0. The van der Waals surface area contributed by atoms with Gasteiger partial charge in [-0.05, 0) is 0 Å². The molecule has 1 saturated carbocycles. The maximum Gasteiger partial charge on any atom is 0.302 e. The molecular formula is C10H14O6. The molecule has 0 aromatic heterocycles. The van der Waals surface area contributed by atoms with Gasteiger partial charge in [0.1, 0.15) is 30.5 Å². The van der Waals surface area contributed by atoms with Gasteiger partial charge in [0.2, 0.25) is 0 Å². The lowest BCUT2D eigenvalue weighted by Gasteiger charge is -2.29. The number of epoxide rings is 1. The number of aliphatic hydroxyl groups excluding tert-OH is 1. The highest BCUT2D eigenvalue weighted by Gasteiger charge is 2.58. The molecular weight excluding hydrogens is 216 g/mol. The molecule has 1 heterocycles. The average Bonchev–Trinajstić information content (AvgIpc) is 2.91. The molecule has 1 N–H and O–H groups in total. The van der Waals surface area contributed by atoms with E-state index in [4.69, 9.17) is 14.2 Å². The zero-order chi connectivity index (χ0) is 11.9. The van der Waals surface area contributed by atoms with E-state index in [0.717, 1.165) is 0 Å². The average molecular weight is 230 g/mol. The van der Waals surface area contributed by atoms with Crippen molar-refractivity contribution < 1.29 is 28.9 Å². The minimum absolute atomic E-state index is 0.259. The van der Waals surface area contributed by atoms with Crippen molar-refractivity contribution in [3.8, 4) is 0 Å². The van der Waals surface area contributed by atoms with Gasteiger partial charge in [0.05, 0.1) is 0 Å². The van der Waals surface area contributed by atoms with Crippen LogP contribution in [0.1, 0.15) is 20.3 Å². The third kappa shape index (κ3) is 2.17. The van der Waals surface area contributed by atoms with E-state index in [1.165, 1.54) is 13.8 Å². The number of esters is 2. The summed E-state index contributed by atoms with van der Waals surface area (Å²) in [6, 6.07) is 0. The fourth-order valence-corrected chi connectivity index (χ4v) is 2.08. The quantitative estimate of drug-likeness (QED) is 0.502. The van der Waals surface area contributed by atoms with Gasteiger partial charge in [-0.25, -0.2) is 0 Å². The van der Waals surface area contributed by atoms with Gasteiger partial charge in [-0.1, -0.05) is 0 Å². The number of hydrogen-bond donors (Lipinski definition) is 1. The Morgan fingerprint density at radius 3 is 2.25 bits per heavy atom. The van der Waals surface area contributed by atoms with E-state index >= 15 is 0 Å². The molecule has 1 saturated heterocycles. The summed E-state index contributed by atoms with van der Waals surface area (Å²) in [6.45, 7) is 2.58. The predicted molar refractivity (Wildman–Crippen MR) is 50.4 cm³/mol. The van der Waals surface area contributed by atoms with Crippen molar-refractivity contribution in [2.75, 3.05) is 0 Å². The normalized spacial score (nSPS) is 40.8. The van der Waals surface area contributed by atoms with E-state index in [2.05, 4.69) is 0 Å². The Bertz CT molecular complexity index is 314. The van der Waals surface area contributed by atoms with E-state index in [1.807, 2.05) is 0 Å². The van der Waals surface area contributed by atoms with Crippen molar-refractivity contribution in [3.63, 3.8) is 0 Å². The number of fused-ring (bicyclic) bond motifs is 1. The van der Waals surface area contributed by atoms with Gasteiger partial charge in [0.15, 0.2) is 0 Å². The molecule has 0 aromatic carbocycles. The molecule has 2 fully saturated rings. The number of carbonyl (C=O) groups is 2. The lowest BCUT2D eigenvalue weighted by atomic mass is 9.92. The van der Waals surface area contributed by atoms with Crippen molar-refractivity contribution >= 4 is 11.9 Å². The molecule has 6 heteroatoms. The predicted octanol–water partition coefficient (Wildman–Crippen LogP) is -0.618. The van der Waals surface area contributed by atoms with Crippen LogP contribution in [0.2, 0.25) is 0 Å². The Morgan fingerprint density at radius 1 is 1.12 bits per heavy atom. The van der Waals surface area contributed by atoms with Crippen LogP contribution in [0.25, 0.3) is 0 Å². The van der Waals surface area contributed by atoms with Crippen LogP contribution >= 0.6 is 0 Å². The summed E-state index contributed by atoms with van der Waals surface area (Å²) >= 11 is 0. The number of aliphatic hydroxyl groups is 1. The second kappa shape index (κ2) is 4.03.